The first-order chi connectivity index (χ1) is 8.07. The van der Waals surface area contributed by atoms with Crippen molar-refractivity contribution in [1.29, 1.82) is 0 Å². The molecule has 1 amide bonds. The van der Waals surface area contributed by atoms with Gasteiger partial charge >= 0.3 is 0 Å². The molecule has 0 spiro atoms. The van der Waals surface area contributed by atoms with E-state index >= 15 is 0 Å². The summed E-state index contributed by atoms with van der Waals surface area (Å²) in [6, 6.07) is 6.30. The molecule has 1 N–H and O–H groups in total. The lowest BCUT2D eigenvalue weighted by molar-refractivity contribution is -0.131. The number of carbonyl (C=O) groups is 1. The molecule has 0 aliphatic rings. The van der Waals surface area contributed by atoms with E-state index in [1.165, 1.54) is 6.07 Å². The van der Waals surface area contributed by atoms with Crippen LogP contribution in [0.5, 0.6) is 0 Å². The predicted molar refractivity (Wildman–Crippen MR) is 73.4 cm³/mol. The Morgan fingerprint density at radius 3 is 2.61 bits per heavy atom. The zero-order valence-corrected chi connectivity index (χ0v) is 11.8. The summed E-state index contributed by atoms with van der Waals surface area (Å²) in [6.45, 7) is 2.46. The second kappa shape index (κ2) is 8.06. The molecule has 1 aromatic rings. The van der Waals surface area contributed by atoms with Gasteiger partial charge in [-0.25, -0.2) is 4.39 Å². The fourth-order valence-corrected chi connectivity index (χ4v) is 1.65. The van der Waals surface area contributed by atoms with Gasteiger partial charge in [-0.05, 0) is 20.0 Å². The number of amides is 1. The molecule has 0 aliphatic carbocycles. The maximum absolute atomic E-state index is 13.6. The van der Waals surface area contributed by atoms with Crippen molar-refractivity contribution < 1.29 is 9.18 Å². The van der Waals surface area contributed by atoms with E-state index in [1.807, 2.05) is 6.92 Å². The minimum absolute atomic E-state index is 0. The van der Waals surface area contributed by atoms with Gasteiger partial charge in [0.25, 0.3) is 0 Å². The van der Waals surface area contributed by atoms with E-state index in [1.54, 1.807) is 37.2 Å². The lowest BCUT2D eigenvalue weighted by atomic mass is 10.1. The Morgan fingerprint density at radius 2 is 2.06 bits per heavy atom. The van der Waals surface area contributed by atoms with E-state index in [4.69, 9.17) is 0 Å². The minimum Gasteiger partial charge on any atom is -0.339 e. The summed E-state index contributed by atoms with van der Waals surface area (Å²) < 4.78 is 13.6. The highest BCUT2D eigenvalue weighted by molar-refractivity contribution is 5.85. The Morgan fingerprint density at radius 1 is 1.44 bits per heavy atom. The van der Waals surface area contributed by atoms with Crippen LogP contribution in [-0.4, -0.2) is 31.4 Å². The molecule has 3 nitrogen and oxygen atoms in total. The Labute approximate surface area is 114 Å². The van der Waals surface area contributed by atoms with Gasteiger partial charge in [0, 0.05) is 25.6 Å². The summed E-state index contributed by atoms with van der Waals surface area (Å²) in [5, 5.41) is 2.92. The van der Waals surface area contributed by atoms with Crippen LogP contribution in [0.15, 0.2) is 24.3 Å². The van der Waals surface area contributed by atoms with Crippen LogP contribution < -0.4 is 5.32 Å². The van der Waals surface area contributed by atoms with Gasteiger partial charge in [0.05, 0.1) is 6.04 Å². The highest BCUT2D eigenvalue weighted by Gasteiger charge is 2.19. The summed E-state index contributed by atoms with van der Waals surface area (Å²) in [5.41, 5.74) is 0.549. The second-order valence-corrected chi connectivity index (χ2v) is 4.06. The predicted octanol–water partition coefficient (Wildman–Crippen LogP) is 2.38. The molecule has 0 heterocycles. The first-order valence-corrected chi connectivity index (χ1v) is 5.72. The smallest absolute Gasteiger partial charge is 0.224 e. The number of benzene rings is 1. The van der Waals surface area contributed by atoms with Crippen molar-refractivity contribution >= 4 is 18.3 Å². The van der Waals surface area contributed by atoms with Crippen LogP contribution in [-0.2, 0) is 4.79 Å². The number of nitrogens with one attached hydrogen (secondary N) is 1. The van der Waals surface area contributed by atoms with Crippen LogP contribution >= 0.6 is 12.4 Å². The zero-order chi connectivity index (χ0) is 12.8. The molecule has 0 bridgehead atoms. The summed E-state index contributed by atoms with van der Waals surface area (Å²) >= 11 is 0. The number of carbonyl (C=O) groups excluding carboxylic acids is 1. The van der Waals surface area contributed by atoms with Crippen LogP contribution in [0.3, 0.4) is 0 Å². The molecule has 0 fully saturated rings. The van der Waals surface area contributed by atoms with Crippen molar-refractivity contribution in [3.05, 3.63) is 35.6 Å². The van der Waals surface area contributed by atoms with E-state index in [0.29, 0.717) is 18.5 Å². The fourth-order valence-electron chi connectivity index (χ4n) is 1.65. The SMILES string of the molecule is CNCCC(=O)N(C)C(C)c1ccccc1F.Cl. The number of hydrogen-bond acceptors (Lipinski definition) is 2. The molecule has 0 aromatic heterocycles. The summed E-state index contributed by atoms with van der Waals surface area (Å²) in [4.78, 5) is 13.4. The van der Waals surface area contributed by atoms with Gasteiger partial charge in [0.2, 0.25) is 5.91 Å². The average Bonchev–Trinajstić information content (AvgIpc) is 2.34. The number of hydrogen-bond donors (Lipinski definition) is 1. The molecule has 1 aromatic carbocycles. The lowest BCUT2D eigenvalue weighted by Gasteiger charge is -2.25. The van der Waals surface area contributed by atoms with Gasteiger partial charge < -0.3 is 10.2 Å². The summed E-state index contributed by atoms with van der Waals surface area (Å²) in [7, 11) is 3.50. The third-order valence-electron chi connectivity index (χ3n) is 2.92. The van der Waals surface area contributed by atoms with Crippen molar-refractivity contribution in [2.45, 2.75) is 19.4 Å². The van der Waals surface area contributed by atoms with Crippen LogP contribution in [0, 0.1) is 5.82 Å². The van der Waals surface area contributed by atoms with Crippen molar-refractivity contribution in [3.63, 3.8) is 0 Å². The molecule has 1 rings (SSSR count). The first kappa shape index (κ1) is 16.9. The van der Waals surface area contributed by atoms with Crippen LogP contribution in [0.2, 0.25) is 0 Å². The van der Waals surface area contributed by atoms with Gasteiger partial charge in [-0.15, -0.1) is 12.4 Å². The summed E-state index contributed by atoms with van der Waals surface area (Å²) in [6.07, 6.45) is 0.422. The van der Waals surface area contributed by atoms with Crippen LogP contribution in [0.4, 0.5) is 4.39 Å². The Kier molecular flexibility index (Phi) is 7.55. The average molecular weight is 275 g/mol. The number of nitrogens with zero attached hydrogens (tertiary/aromatic N) is 1. The second-order valence-electron chi connectivity index (χ2n) is 4.06. The molecule has 102 valence electrons. The molecule has 1 unspecified atom stereocenters. The fraction of sp³-hybridized carbons (Fsp3) is 0.462. The Balaban J connectivity index is 0.00000289. The van der Waals surface area contributed by atoms with Gasteiger partial charge in [-0.3, -0.25) is 4.79 Å². The maximum atomic E-state index is 13.6. The highest BCUT2D eigenvalue weighted by Crippen LogP contribution is 2.21. The quantitative estimate of drug-likeness (QED) is 0.894. The monoisotopic (exact) mass is 274 g/mol. The first-order valence-electron chi connectivity index (χ1n) is 5.72. The Hall–Kier alpha value is -1.13. The van der Waals surface area contributed by atoms with Crippen molar-refractivity contribution in [2.75, 3.05) is 20.6 Å². The third kappa shape index (κ3) is 4.27. The van der Waals surface area contributed by atoms with E-state index in [-0.39, 0.29) is 30.2 Å². The van der Waals surface area contributed by atoms with Gasteiger partial charge in [0.1, 0.15) is 5.82 Å². The molecule has 0 saturated heterocycles. The standard InChI is InChI=1S/C13H19FN2O.ClH/c1-10(11-6-4-5-7-12(11)14)16(3)13(17)8-9-15-2;/h4-7,10,15H,8-9H2,1-3H3;1H. The molecule has 0 aliphatic heterocycles. The lowest BCUT2D eigenvalue weighted by Crippen LogP contribution is -2.31. The summed E-state index contributed by atoms with van der Waals surface area (Å²) in [5.74, 6) is -0.261. The largest absolute Gasteiger partial charge is 0.339 e. The minimum atomic E-state index is -0.270. The normalized spacial score (nSPS) is 11.6. The highest BCUT2D eigenvalue weighted by atomic mass is 35.5. The van der Waals surface area contributed by atoms with Gasteiger partial charge in [-0.2, -0.15) is 0 Å². The number of rotatable bonds is 5. The van der Waals surface area contributed by atoms with E-state index in [9.17, 15) is 9.18 Å². The molecular weight excluding hydrogens is 255 g/mol. The van der Waals surface area contributed by atoms with E-state index in [2.05, 4.69) is 5.32 Å². The van der Waals surface area contributed by atoms with Crippen molar-refractivity contribution in [2.24, 2.45) is 0 Å². The molecule has 1 atom stereocenters. The van der Waals surface area contributed by atoms with E-state index < -0.39 is 0 Å². The molecule has 0 radical (unpaired) electrons. The van der Waals surface area contributed by atoms with E-state index in [0.717, 1.165) is 0 Å². The maximum Gasteiger partial charge on any atom is 0.224 e. The van der Waals surface area contributed by atoms with Gasteiger partial charge in [0.15, 0.2) is 0 Å². The molecule has 0 saturated carbocycles. The number of halogens is 2. The van der Waals surface area contributed by atoms with Gasteiger partial charge in [-0.1, -0.05) is 18.2 Å². The Bertz CT molecular complexity index is 387. The molecule has 18 heavy (non-hydrogen) atoms. The molecular formula is C13H20ClFN2O. The zero-order valence-electron chi connectivity index (χ0n) is 10.9. The van der Waals surface area contributed by atoms with Crippen LogP contribution in [0.1, 0.15) is 24.9 Å². The van der Waals surface area contributed by atoms with Crippen molar-refractivity contribution in [1.82, 2.24) is 10.2 Å². The third-order valence-corrected chi connectivity index (χ3v) is 2.92. The topological polar surface area (TPSA) is 32.3 Å². The molecule has 5 heteroatoms. The van der Waals surface area contributed by atoms with Crippen LogP contribution in [0.25, 0.3) is 0 Å². The van der Waals surface area contributed by atoms with Crippen molar-refractivity contribution in [3.8, 4) is 0 Å².